The maximum atomic E-state index is 6.61. The summed E-state index contributed by atoms with van der Waals surface area (Å²) >= 11 is 0. The number of benzene rings is 9. The summed E-state index contributed by atoms with van der Waals surface area (Å²) in [7, 11) is 0. The second-order valence-electron chi connectivity index (χ2n) is 14.4. The van der Waals surface area contributed by atoms with Crippen LogP contribution in [0.15, 0.2) is 186 Å². The molecule has 0 unspecified atom stereocenters. The van der Waals surface area contributed by atoms with Crippen molar-refractivity contribution in [1.82, 2.24) is 19.5 Å². The van der Waals surface area contributed by atoms with E-state index in [1.807, 2.05) is 12.1 Å². The van der Waals surface area contributed by atoms with E-state index in [-0.39, 0.29) is 0 Å². The Balaban J connectivity index is 1.14. The van der Waals surface area contributed by atoms with Crippen LogP contribution >= 0.6 is 0 Å². The highest BCUT2D eigenvalue weighted by atomic mass is 16.3. The van der Waals surface area contributed by atoms with E-state index >= 15 is 0 Å². The SMILES string of the molecule is c1ccc2cc(-c3ccc(-c4nc(-c5cc6ccccc6c6oc7ccccc7c56)nc(-n5c6ccccc6c6cc7ccccc7cc65)n4)cc3)ccc2c1. The number of fused-ring (bicyclic) bond motifs is 10. The molecule has 0 radical (unpaired) electrons. The predicted molar refractivity (Wildman–Crippen MR) is 230 cm³/mol. The lowest BCUT2D eigenvalue weighted by Crippen LogP contribution is -2.06. The van der Waals surface area contributed by atoms with Crippen molar-refractivity contribution in [2.45, 2.75) is 0 Å². The van der Waals surface area contributed by atoms with Gasteiger partial charge in [-0.05, 0) is 74.5 Å². The Bertz CT molecular complexity index is 3540. The van der Waals surface area contributed by atoms with Crippen LogP contribution in [-0.4, -0.2) is 19.5 Å². The van der Waals surface area contributed by atoms with Crippen LogP contribution in [0.3, 0.4) is 0 Å². The van der Waals surface area contributed by atoms with E-state index in [0.29, 0.717) is 17.6 Å². The fraction of sp³-hybridized carbons (Fsp3) is 0. The zero-order valence-corrected chi connectivity index (χ0v) is 30.0. The fourth-order valence-electron chi connectivity index (χ4n) is 8.50. The molecule has 5 nitrogen and oxygen atoms in total. The average molecular weight is 715 g/mol. The standard InChI is InChI=1S/C51H30N4O/c1-2-12-34-27-37(26-23-31(34)11-1)32-21-24-33(25-22-32)49-52-50(43-29-38-15-5-6-16-39(38)48-47(43)41-18-8-10-20-46(41)56-48)54-51(53-49)55-44-19-9-7-17-40(44)42-28-35-13-3-4-14-36(35)30-45(42)55/h1-30H. The Morgan fingerprint density at radius 2 is 0.982 bits per heavy atom. The molecule has 0 aliphatic rings. The molecule has 0 saturated carbocycles. The Labute approximate surface area is 320 Å². The van der Waals surface area contributed by atoms with E-state index in [9.17, 15) is 0 Å². The quantitative estimate of drug-likeness (QED) is 0.182. The highest BCUT2D eigenvalue weighted by Gasteiger charge is 2.22. The molecule has 260 valence electrons. The molecule has 0 spiro atoms. The fourth-order valence-corrected chi connectivity index (χ4v) is 8.50. The molecule has 0 aliphatic carbocycles. The van der Waals surface area contributed by atoms with Gasteiger partial charge in [0.25, 0.3) is 0 Å². The minimum absolute atomic E-state index is 0.555. The molecule has 12 aromatic rings. The second-order valence-corrected chi connectivity index (χ2v) is 14.4. The molecular formula is C51H30N4O. The van der Waals surface area contributed by atoms with Gasteiger partial charge in [0.15, 0.2) is 11.6 Å². The predicted octanol–water partition coefficient (Wildman–Crippen LogP) is 13.3. The van der Waals surface area contributed by atoms with Crippen LogP contribution in [0.4, 0.5) is 0 Å². The first-order valence-electron chi connectivity index (χ1n) is 18.8. The van der Waals surface area contributed by atoms with Gasteiger partial charge in [0.2, 0.25) is 5.95 Å². The third-order valence-electron chi connectivity index (χ3n) is 11.2. The average Bonchev–Trinajstić information content (AvgIpc) is 3.81. The zero-order chi connectivity index (χ0) is 36.7. The van der Waals surface area contributed by atoms with Gasteiger partial charge in [-0.1, -0.05) is 146 Å². The molecule has 0 amide bonds. The first-order chi connectivity index (χ1) is 27.7. The molecule has 3 heterocycles. The maximum absolute atomic E-state index is 6.61. The number of hydrogen-bond acceptors (Lipinski definition) is 4. The third kappa shape index (κ3) is 4.71. The highest BCUT2D eigenvalue weighted by molar-refractivity contribution is 6.21. The van der Waals surface area contributed by atoms with E-state index in [2.05, 4.69) is 174 Å². The highest BCUT2D eigenvalue weighted by Crippen LogP contribution is 2.41. The molecule has 0 bridgehead atoms. The molecule has 0 aliphatic heterocycles. The van der Waals surface area contributed by atoms with Crippen LogP contribution < -0.4 is 0 Å². The summed E-state index contributed by atoms with van der Waals surface area (Å²) in [5.41, 5.74) is 7.81. The Morgan fingerprint density at radius 3 is 1.80 bits per heavy atom. The molecule has 0 N–H and O–H groups in total. The van der Waals surface area contributed by atoms with Crippen LogP contribution in [0.2, 0.25) is 0 Å². The van der Waals surface area contributed by atoms with Crippen molar-refractivity contribution in [3.8, 4) is 39.9 Å². The smallest absolute Gasteiger partial charge is 0.238 e. The molecule has 56 heavy (non-hydrogen) atoms. The van der Waals surface area contributed by atoms with Gasteiger partial charge in [-0.3, -0.25) is 4.57 Å². The third-order valence-corrected chi connectivity index (χ3v) is 11.2. The van der Waals surface area contributed by atoms with Gasteiger partial charge in [0.05, 0.1) is 11.0 Å². The zero-order valence-electron chi connectivity index (χ0n) is 30.0. The Kier molecular flexibility index (Phi) is 6.56. The summed E-state index contributed by atoms with van der Waals surface area (Å²) < 4.78 is 8.80. The van der Waals surface area contributed by atoms with Crippen molar-refractivity contribution in [1.29, 1.82) is 0 Å². The van der Waals surface area contributed by atoms with E-state index in [1.165, 1.54) is 16.2 Å². The van der Waals surface area contributed by atoms with Gasteiger partial charge in [0.1, 0.15) is 11.2 Å². The van der Waals surface area contributed by atoms with Crippen LogP contribution in [0.5, 0.6) is 0 Å². The lowest BCUT2D eigenvalue weighted by atomic mass is 9.99. The number of para-hydroxylation sites is 2. The van der Waals surface area contributed by atoms with E-state index in [1.54, 1.807) is 0 Å². The monoisotopic (exact) mass is 714 g/mol. The number of nitrogens with zero attached hydrogens (tertiary/aromatic N) is 4. The lowest BCUT2D eigenvalue weighted by Gasteiger charge is -2.13. The summed E-state index contributed by atoms with van der Waals surface area (Å²) in [5, 5.41) is 11.2. The van der Waals surface area contributed by atoms with Crippen molar-refractivity contribution < 1.29 is 4.42 Å². The largest absolute Gasteiger partial charge is 0.455 e. The summed E-state index contributed by atoms with van der Waals surface area (Å²) in [5.74, 6) is 1.73. The van der Waals surface area contributed by atoms with Gasteiger partial charge < -0.3 is 4.42 Å². The molecule has 12 rings (SSSR count). The first-order valence-corrected chi connectivity index (χ1v) is 18.8. The van der Waals surface area contributed by atoms with Crippen molar-refractivity contribution in [2.75, 3.05) is 0 Å². The molecule has 0 saturated heterocycles. The van der Waals surface area contributed by atoms with E-state index in [4.69, 9.17) is 19.4 Å². The second kappa shape index (κ2) is 11.9. The van der Waals surface area contributed by atoms with Crippen molar-refractivity contribution in [3.05, 3.63) is 182 Å². The van der Waals surface area contributed by atoms with Crippen molar-refractivity contribution in [3.63, 3.8) is 0 Å². The van der Waals surface area contributed by atoms with Gasteiger partial charge in [0, 0.05) is 38.1 Å². The van der Waals surface area contributed by atoms with E-state index in [0.717, 1.165) is 82.2 Å². The summed E-state index contributed by atoms with van der Waals surface area (Å²) in [6.45, 7) is 0. The van der Waals surface area contributed by atoms with Gasteiger partial charge in [-0.25, -0.2) is 4.98 Å². The minimum atomic E-state index is 0.555. The number of furan rings is 1. The first kappa shape index (κ1) is 30.8. The summed E-state index contributed by atoms with van der Waals surface area (Å²) in [6.07, 6.45) is 0. The Hall–Kier alpha value is -7.63. The maximum Gasteiger partial charge on any atom is 0.238 e. The lowest BCUT2D eigenvalue weighted by molar-refractivity contribution is 0.672. The summed E-state index contributed by atoms with van der Waals surface area (Å²) in [6, 6.07) is 64.0. The van der Waals surface area contributed by atoms with Crippen molar-refractivity contribution >= 4 is 76.1 Å². The molecule has 3 aromatic heterocycles. The summed E-state index contributed by atoms with van der Waals surface area (Å²) in [4.78, 5) is 16.0. The topological polar surface area (TPSA) is 56.7 Å². The molecule has 0 fully saturated rings. The van der Waals surface area contributed by atoms with E-state index < -0.39 is 0 Å². The van der Waals surface area contributed by atoms with Gasteiger partial charge in [-0.15, -0.1) is 0 Å². The van der Waals surface area contributed by atoms with Crippen molar-refractivity contribution in [2.24, 2.45) is 0 Å². The number of rotatable bonds is 4. The van der Waals surface area contributed by atoms with Gasteiger partial charge >= 0.3 is 0 Å². The number of aromatic nitrogens is 4. The van der Waals surface area contributed by atoms with Crippen LogP contribution in [0.25, 0.3) is 116 Å². The Morgan fingerprint density at radius 1 is 0.375 bits per heavy atom. The molecule has 0 atom stereocenters. The normalized spacial score (nSPS) is 11.9. The van der Waals surface area contributed by atoms with Crippen LogP contribution in [0.1, 0.15) is 0 Å². The molecule has 9 aromatic carbocycles. The number of hydrogen-bond donors (Lipinski definition) is 0. The van der Waals surface area contributed by atoms with Crippen LogP contribution in [0, 0.1) is 0 Å². The molecule has 5 heteroatoms. The molecular weight excluding hydrogens is 685 g/mol. The van der Waals surface area contributed by atoms with Gasteiger partial charge in [-0.2, -0.15) is 9.97 Å². The van der Waals surface area contributed by atoms with Crippen LogP contribution in [-0.2, 0) is 0 Å². The minimum Gasteiger partial charge on any atom is -0.455 e.